The summed E-state index contributed by atoms with van der Waals surface area (Å²) in [4.78, 5) is 2.51. The van der Waals surface area contributed by atoms with Crippen molar-refractivity contribution in [1.82, 2.24) is 15.1 Å². The number of benzene rings is 1. The van der Waals surface area contributed by atoms with E-state index in [0.29, 0.717) is 17.8 Å². The molecule has 0 saturated carbocycles. The molecule has 0 N–H and O–H groups in total. The van der Waals surface area contributed by atoms with Crippen LogP contribution < -0.4 is 14.2 Å². The molecule has 3 saturated heterocycles. The maximum absolute atomic E-state index is 6.22. The zero-order chi connectivity index (χ0) is 18.1. The minimum Gasteiger partial charge on any atom is -0.497 e. The van der Waals surface area contributed by atoms with E-state index in [2.05, 4.69) is 22.0 Å². The molecule has 6 nitrogen and oxygen atoms in total. The standard InChI is InChI=1S/C20H25N3O3/c1-13-20(14-8-10-23(13)11-9-14)26-19-7-5-17(21-22-19)16-12-15(24-2)4-6-18(16)25-3/h4-7,12-14,20H,8-11H2,1-3H3. The Labute approximate surface area is 154 Å². The Balaban J connectivity index is 1.54. The van der Waals surface area contributed by atoms with E-state index in [1.165, 1.54) is 25.9 Å². The molecule has 138 valence electrons. The summed E-state index contributed by atoms with van der Waals surface area (Å²) in [7, 11) is 3.29. The number of piperidine rings is 3. The summed E-state index contributed by atoms with van der Waals surface area (Å²) in [6, 6.07) is 9.88. The second kappa shape index (κ2) is 7.11. The quantitative estimate of drug-likeness (QED) is 0.822. The van der Waals surface area contributed by atoms with Crippen molar-refractivity contribution in [1.29, 1.82) is 0 Å². The SMILES string of the molecule is COc1ccc(OC)c(-c2ccc(OC3C4CCN(CC4)C3C)nn2)c1. The summed E-state index contributed by atoms with van der Waals surface area (Å²) in [6.45, 7) is 4.62. The monoisotopic (exact) mass is 355 g/mol. The molecular formula is C20H25N3O3. The molecule has 1 aromatic heterocycles. The number of hydrogen-bond acceptors (Lipinski definition) is 6. The van der Waals surface area contributed by atoms with Gasteiger partial charge in [-0.15, -0.1) is 10.2 Å². The Morgan fingerprint density at radius 3 is 2.42 bits per heavy atom. The molecule has 2 aromatic rings. The van der Waals surface area contributed by atoms with Crippen molar-refractivity contribution in [2.45, 2.75) is 31.9 Å². The molecule has 2 atom stereocenters. The van der Waals surface area contributed by atoms with E-state index in [1.54, 1.807) is 14.2 Å². The number of fused-ring (bicyclic) bond motifs is 3. The highest BCUT2D eigenvalue weighted by Crippen LogP contribution is 2.35. The first-order valence-corrected chi connectivity index (χ1v) is 9.16. The molecule has 3 fully saturated rings. The van der Waals surface area contributed by atoms with E-state index < -0.39 is 0 Å². The van der Waals surface area contributed by atoms with Gasteiger partial charge in [-0.25, -0.2) is 0 Å². The van der Waals surface area contributed by atoms with Crippen LogP contribution in [0.5, 0.6) is 17.4 Å². The van der Waals surface area contributed by atoms with Gasteiger partial charge in [-0.3, -0.25) is 4.90 Å². The second-order valence-corrected chi connectivity index (χ2v) is 7.02. The van der Waals surface area contributed by atoms with Crippen LogP contribution in [0, 0.1) is 5.92 Å². The average Bonchev–Trinajstić information content (AvgIpc) is 2.71. The topological polar surface area (TPSA) is 56.7 Å². The fourth-order valence-electron chi connectivity index (χ4n) is 4.13. The van der Waals surface area contributed by atoms with Gasteiger partial charge in [0.15, 0.2) is 0 Å². The van der Waals surface area contributed by atoms with Crippen molar-refractivity contribution in [3.05, 3.63) is 30.3 Å². The van der Waals surface area contributed by atoms with Crippen LogP contribution in [0.15, 0.2) is 30.3 Å². The number of hydrogen-bond donors (Lipinski definition) is 0. The van der Waals surface area contributed by atoms with E-state index in [4.69, 9.17) is 14.2 Å². The molecule has 6 heteroatoms. The molecule has 4 heterocycles. The van der Waals surface area contributed by atoms with Crippen molar-refractivity contribution in [3.63, 3.8) is 0 Å². The van der Waals surface area contributed by atoms with Gasteiger partial charge in [0.25, 0.3) is 0 Å². The predicted molar refractivity (Wildman–Crippen MR) is 98.7 cm³/mol. The van der Waals surface area contributed by atoms with Gasteiger partial charge in [-0.05, 0) is 63.0 Å². The van der Waals surface area contributed by atoms with Gasteiger partial charge >= 0.3 is 0 Å². The minimum absolute atomic E-state index is 0.198. The third-order valence-electron chi connectivity index (χ3n) is 5.67. The molecule has 0 aliphatic carbocycles. The van der Waals surface area contributed by atoms with Crippen molar-refractivity contribution >= 4 is 0 Å². The van der Waals surface area contributed by atoms with Gasteiger partial charge in [0.1, 0.15) is 17.6 Å². The number of nitrogens with zero attached hydrogens (tertiary/aromatic N) is 3. The van der Waals surface area contributed by atoms with Crippen LogP contribution in [-0.2, 0) is 0 Å². The first-order valence-electron chi connectivity index (χ1n) is 9.16. The summed E-state index contributed by atoms with van der Waals surface area (Å²) in [5.74, 6) is 2.69. The molecular weight excluding hydrogens is 330 g/mol. The van der Waals surface area contributed by atoms with Crippen molar-refractivity contribution in [2.24, 2.45) is 5.92 Å². The maximum atomic E-state index is 6.22. The Bertz CT molecular complexity index is 755. The fourth-order valence-corrected chi connectivity index (χ4v) is 4.13. The highest BCUT2D eigenvalue weighted by molar-refractivity contribution is 5.68. The Kier molecular flexibility index (Phi) is 4.68. The van der Waals surface area contributed by atoms with Crippen LogP contribution in [0.1, 0.15) is 19.8 Å². The third-order valence-corrected chi connectivity index (χ3v) is 5.67. The first-order chi connectivity index (χ1) is 12.7. The van der Waals surface area contributed by atoms with Crippen molar-refractivity contribution in [2.75, 3.05) is 27.3 Å². The van der Waals surface area contributed by atoms with E-state index in [9.17, 15) is 0 Å². The van der Waals surface area contributed by atoms with Gasteiger partial charge in [0.05, 0.1) is 19.9 Å². The largest absolute Gasteiger partial charge is 0.497 e. The lowest BCUT2D eigenvalue weighted by molar-refractivity contribution is -0.0528. The predicted octanol–water partition coefficient (Wildman–Crippen LogP) is 3.02. The fraction of sp³-hybridized carbons (Fsp3) is 0.500. The molecule has 1 aromatic carbocycles. The van der Waals surface area contributed by atoms with Crippen molar-refractivity contribution < 1.29 is 14.2 Å². The van der Waals surface area contributed by atoms with Gasteiger partial charge in [0.2, 0.25) is 5.88 Å². The summed E-state index contributed by atoms with van der Waals surface area (Å²) in [5.41, 5.74) is 1.58. The number of rotatable bonds is 5. The summed E-state index contributed by atoms with van der Waals surface area (Å²) < 4.78 is 17.0. The van der Waals surface area contributed by atoms with Gasteiger partial charge in [0, 0.05) is 17.7 Å². The van der Waals surface area contributed by atoms with Crippen LogP contribution in [0.4, 0.5) is 0 Å². The maximum Gasteiger partial charge on any atom is 0.233 e. The molecule has 2 unspecified atom stereocenters. The molecule has 5 rings (SSSR count). The molecule has 0 radical (unpaired) electrons. The van der Waals surface area contributed by atoms with E-state index in [0.717, 1.165) is 22.8 Å². The summed E-state index contributed by atoms with van der Waals surface area (Å²) >= 11 is 0. The zero-order valence-electron chi connectivity index (χ0n) is 15.5. The molecule has 0 spiro atoms. The molecule has 26 heavy (non-hydrogen) atoms. The first kappa shape index (κ1) is 17.1. The highest BCUT2D eigenvalue weighted by atomic mass is 16.5. The number of ether oxygens (including phenoxy) is 3. The van der Waals surface area contributed by atoms with Crippen LogP contribution in [0.3, 0.4) is 0 Å². The van der Waals surface area contributed by atoms with Crippen LogP contribution in [0.2, 0.25) is 0 Å². The lowest BCUT2D eigenvalue weighted by Crippen LogP contribution is -2.58. The molecule has 3 aliphatic heterocycles. The number of aromatic nitrogens is 2. The lowest BCUT2D eigenvalue weighted by atomic mass is 9.81. The Hall–Kier alpha value is -2.34. The Morgan fingerprint density at radius 2 is 1.81 bits per heavy atom. The van der Waals surface area contributed by atoms with Crippen LogP contribution >= 0.6 is 0 Å². The second-order valence-electron chi connectivity index (χ2n) is 7.02. The van der Waals surface area contributed by atoms with Crippen molar-refractivity contribution in [3.8, 4) is 28.6 Å². The third kappa shape index (κ3) is 3.09. The highest BCUT2D eigenvalue weighted by Gasteiger charge is 2.41. The molecule has 2 bridgehead atoms. The lowest BCUT2D eigenvalue weighted by Gasteiger charge is -2.48. The van der Waals surface area contributed by atoms with E-state index in [-0.39, 0.29) is 6.10 Å². The summed E-state index contributed by atoms with van der Waals surface area (Å²) in [5, 5.41) is 8.67. The summed E-state index contributed by atoms with van der Waals surface area (Å²) in [6.07, 6.45) is 2.62. The smallest absolute Gasteiger partial charge is 0.233 e. The van der Waals surface area contributed by atoms with E-state index >= 15 is 0 Å². The zero-order valence-corrected chi connectivity index (χ0v) is 15.5. The minimum atomic E-state index is 0.198. The van der Waals surface area contributed by atoms with Gasteiger partial charge < -0.3 is 14.2 Å². The normalized spacial score (nSPS) is 27.2. The van der Waals surface area contributed by atoms with Crippen LogP contribution in [-0.4, -0.2) is 54.6 Å². The Morgan fingerprint density at radius 1 is 1.00 bits per heavy atom. The van der Waals surface area contributed by atoms with Gasteiger partial charge in [-0.2, -0.15) is 0 Å². The van der Waals surface area contributed by atoms with E-state index in [1.807, 2.05) is 30.3 Å². The van der Waals surface area contributed by atoms with Gasteiger partial charge in [-0.1, -0.05) is 0 Å². The average molecular weight is 355 g/mol. The van der Waals surface area contributed by atoms with Crippen LogP contribution in [0.25, 0.3) is 11.3 Å². The molecule has 3 aliphatic rings. The molecule has 0 amide bonds. The number of methoxy groups -OCH3 is 2.